The average molecular weight is 372 g/mol. The summed E-state index contributed by atoms with van der Waals surface area (Å²) in [5, 5.41) is 8.81. The second-order valence-corrected chi connectivity index (χ2v) is 6.07. The van der Waals surface area contributed by atoms with Gasteiger partial charge in [-0.05, 0) is 29.8 Å². The number of amides is 1. The van der Waals surface area contributed by atoms with Crippen molar-refractivity contribution in [2.75, 3.05) is 7.05 Å². The normalized spacial score (nSPS) is 11.4. The first kappa shape index (κ1) is 18.5. The lowest BCUT2D eigenvalue weighted by molar-refractivity contribution is -0.148. The molecule has 0 bridgehead atoms. The number of hydrogen-bond acceptors (Lipinski definition) is 3. The number of halogens is 3. The first-order chi connectivity index (χ1) is 12.8. The molecular formula is C19H15F3N4O. The number of fused-ring (bicyclic) bond motifs is 1. The Morgan fingerprint density at radius 2 is 1.85 bits per heavy atom. The number of rotatable bonds is 4. The number of carbonyl (C=O) groups is 1. The third kappa shape index (κ3) is 3.92. The van der Waals surface area contributed by atoms with Crippen LogP contribution in [0.25, 0.3) is 11.0 Å². The van der Waals surface area contributed by atoms with E-state index in [-0.39, 0.29) is 17.6 Å². The smallest absolute Gasteiger partial charge is 0.340 e. The van der Waals surface area contributed by atoms with Gasteiger partial charge < -0.3 is 9.47 Å². The van der Waals surface area contributed by atoms with Crippen LogP contribution in [0.3, 0.4) is 0 Å². The quantitative estimate of drug-likeness (QED) is 0.703. The largest absolute Gasteiger partial charge is 0.449 e. The zero-order chi connectivity index (χ0) is 19.6. The number of hydrogen-bond donors (Lipinski definition) is 0. The monoisotopic (exact) mass is 372 g/mol. The second kappa shape index (κ2) is 7.11. The highest BCUT2D eigenvalue weighted by molar-refractivity contribution is 5.81. The molecule has 0 aliphatic carbocycles. The summed E-state index contributed by atoms with van der Waals surface area (Å²) in [4.78, 5) is 17.5. The van der Waals surface area contributed by atoms with Gasteiger partial charge in [0, 0.05) is 13.6 Å². The topological polar surface area (TPSA) is 61.9 Å². The number of nitriles is 1. The van der Waals surface area contributed by atoms with E-state index >= 15 is 0 Å². The van der Waals surface area contributed by atoms with Crippen LogP contribution in [0.2, 0.25) is 0 Å². The van der Waals surface area contributed by atoms with E-state index in [0.29, 0.717) is 5.56 Å². The fourth-order valence-corrected chi connectivity index (χ4v) is 2.75. The molecule has 27 heavy (non-hydrogen) atoms. The maximum atomic E-state index is 13.3. The molecule has 1 aromatic heterocycles. The Kier molecular flexibility index (Phi) is 4.86. The third-order valence-electron chi connectivity index (χ3n) is 4.13. The highest BCUT2D eigenvalue weighted by Gasteiger charge is 2.38. The number of imidazole rings is 1. The summed E-state index contributed by atoms with van der Waals surface area (Å²) in [6, 6.07) is 14.8. The Morgan fingerprint density at radius 3 is 2.48 bits per heavy atom. The fraction of sp³-hybridized carbons (Fsp3) is 0.211. The van der Waals surface area contributed by atoms with Gasteiger partial charge in [-0.2, -0.15) is 18.4 Å². The van der Waals surface area contributed by atoms with Crippen LogP contribution in [0.15, 0.2) is 48.5 Å². The molecule has 0 atom stereocenters. The summed E-state index contributed by atoms with van der Waals surface area (Å²) in [5.41, 5.74) is 1.71. The van der Waals surface area contributed by atoms with E-state index in [2.05, 4.69) is 4.98 Å². The van der Waals surface area contributed by atoms with Crippen molar-refractivity contribution in [2.45, 2.75) is 19.3 Å². The zero-order valence-electron chi connectivity index (χ0n) is 14.4. The lowest BCUT2D eigenvalue weighted by atomic mass is 10.1. The second-order valence-electron chi connectivity index (χ2n) is 6.07. The van der Waals surface area contributed by atoms with E-state index in [1.165, 1.54) is 24.1 Å². The molecule has 3 aromatic rings. The average Bonchev–Trinajstić information content (AvgIpc) is 3.01. The van der Waals surface area contributed by atoms with Crippen molar-refractivity contribution in [1.29, 1.82) is 5.26 Å². The van der Waals surface area contributed by atoms with Crippen molar-refractivity contribution < 1.29 is 18.0 Å². The van der Waals surface area contributed by atoms with Crippen LogP contribution < -0.4 is 0 Å². The summed E-state index contributed by atoms with van der Waals surface area (Å²) >= 11 is 0. The van der Waals surface area contributed by atoms with Gasteiger partial charge in [-0.25, -0.2) is 4.98 Å². The fourth-order valence-electron chi connectivity index (χ4n) is 2.75. The molecule has 1 heterocycles. The molecule has 2 aromatic carbocycles. The number of likely N-dealkylation sites (N-methyl/N-ethyl adjacent to an activating group) is 1. The van der Waals surface area contributed by atoms with Gasteiger partial charge in [0.1, 0.15) is 6.54 Å². The number of para-hydroxylation sites is 2. The van der Waals surface area contributed by atoms with Crippen molar-refractivity contribution >= 4 is 16.9 Å². The van der Waals surface area contributed by atoms with Crippen LogP contribution >= 0.6 is 0 Å². The van der Waals surface area contributed by atoms with Crippen molar-refractivity contribution in [2.24, 2.45) is 0 Å². The molecule has 0 fully saturated rings. The predicted molar refractivity (Wildman–Crippen MR) is 92.4 cm³/mol. The van der Waals surface area contributed by atoms with E-state index in [0.717, 1.165) is 10.1 Å². The highest BCUT2D eigenvalue weighted by Crippen LogP contribution is 2.31. The molecule has 0 spiro atoms. The summed E-state index contributed by atoms with van der Waals surface area (Å²) in [6.45, 7) is -0.249. The van der Waals surface area contributed by atoms with Gasteiger partial charge in [0.15, 0.2) is 0 Å². The minimum absolute atomic E-state index is 0.187. The zero-order valence-corrected chi connectivity index (χ0v) is 14.4. The Balaban J connectivity index is 1.83. The summed E-state index contributed by atoms with van der Waals surface area (Å²) in [5.74, 6) is -1.57. The predicted octanol–water partition coefficient (Wildman–Crippen LogP) is 3.59. The van der Waals surface area contributed by atoms with Gasteiger partial charge in [0.25, 0.3) is 0 Å². The van der Waals surface area contributed by atoms with Crippen LogP contribution in [-0.4, -0.2) is 27.4 Å². The van der Waals surface area contributed by atoms with Gasteiger partial charge in [0.2, 0.25) is 11.7 Å². The molecule has 0 radical (unpaired) electrons. The minimum Gasteiger partial charge on any atom is -0.340 e. The van der Waals surface area contributed by atoms with Crippen molar-refractivity contribution in [3.05, 3.63) is 65.5 Å². The van der Waals surface area contributed by atoms with Crippen LogP contribution in [0.4, 0.5) is 13.2 Å². The van der Waals surface area contributed by atoms with Crippen molar-refractivity contribution in [3.63, 3.8) is 0 Å². The first-order valence-corrected chi connectivity index (χ1v) is 8.05. The Morgan fingerprint density at radius 1 is 1.19 bits per heavy atom. The van der Waals surface area contributed by atoms with E-state index in [1.807, 2.05) is 6.07 Å². The molecule has 138 valence electrons. The third-order valence-corrected chi connectivity index (χ3v) is 4.13. The number of benzene rings is 2. The highest BCUT2D eigenvalue weighted by atomic mass is 19.4. The van der Waals surface area contributed by atoms with Gasteiger partial charge in [0.05, 0.1) is 22.7 Å². The molecule has 3 rings (SSSR count). The number of nitrogens with zero attached hydrogens (tertiary/aromatic N) is 4. The van der Waals surface area contributed by atoms with Gasteiger partial charge >= 0.3 is 6.18 Å². The summed E-state index contributed by atoms with van der Waals surface area (Å²) in [6.07, 6.45) is -4.66. The lowest BCUT2D eigenvalue weighted by Crippen LogP contribution is -2.31. The molecule has 0 N–H and O–H groups in total. The first-order valence-electron chi connectivity index (χ1n) is 8.05. The molecule has 0 saturated heterocycles. The number of aromatic nitrogens is 2. The van der Waals surface area contributed by atoms with Crippen LogP contribution in [-0.2, 0) is 24.1 Å². The van der Waals surface area contributed by atoms with Crippen LogP contribution in [0.1, 0.15) is 17.0 Å². The van der Waals surface area contributed by atoms with Gasteiger partial charge in [-0.3, -0.25) is 4.79 Å². The SMILES string of the molecule is CN(Cc1ccc(C#N)cc1)C(=O)Cn1c(C(F)(F)F)nc2ccccc21. The Bertz CT molecular complexity index is 1020. The van der Waals surface area contributed by atoms with Crippen molar-refractivity contribution in [1.82, 2.24) is 14.5 Å². The molecular weight excluding hydrogens is 357 g/mol. The summed E-state index contributed by atoms with van der Waals surface area (Å²) in [7, 11) is 1.52. The molecule has 0 saturated carbocycles. The van der Waals surface area contributed by atoms with Crippen LogP contribution in [0.5, 0.6) is 0 Å². The van der Waals surface area contributed by atoms with Gasteiger partial charge in [-0.15, -0.1) is 0 Å². The lowest BCUT2D eigenvalue weighted by Gasteiger charge is -2.19. The van der Waals surface area contributed by atoms with E-state index < -0.39 is 24.5 Å². The Labute approximate surface area is 153 Å². The van der Waals surface area contributed by atoms with E-state index in [1.54, 1.807) is 36.4 Å². The number of alkyl halides is 3. The van der Waals surface area contributed by atoms with E-state index in [9.17, 15) is 18.0 Å². The standard InChI is InChI=1S/C19H15F3N4O/c1-25(11-14-8-6-13(10-23)7-9-14)17(27)12-26-16-5-3-2-4-15(16)24-18(26)19(20,21)22/h2-9H,11-12H2,1H3. The van der Waals surface area contributed by atoms with Gasteiger partial charge in [-0.1, -0.05) is 24.3 Å². The maximum absolute atomic E-state index is 13.3. The molecule has 0 aliphatic rings. The molecule has 0 aliphatic heterocycles. The molecule has 5 nitrogen and oxygen atoms in total. The van der Waals surface area contributed by atoms with Crippen LogP contribution in [0, 0.1) is 11.3 Å². The molecule has 0 unspecified atom stereocenters. The summed E-state index contributed by atoms with van der Waals surface area (Å²) < 4.78 is 40.9. The minimum atomic E-state index is -4.66. The van der Waals surface area contributed by atoms with Crippen molar-refractivity contribution in [3.8, 4) is 6.07 Å². The molecule has 8 heteroatoms. The number of carbonyl (C=O) groups excluding carboxylic acids is 1. The Hall–Kier alpha value is -3.34. The van der Waals surface area contributed by atoms with E-state index in [4.69, 9.17) is 5.26 Å². The maximum Gasteiger partial charge on any atom is 0.449 e. The molecule has 1 amide bonds.